The zero-order chi connectivity index (χ0) is 40.0. The SMILES string of the molecule is COc1cc(C2C3=CCC4C(=O)N(c5ccc(-c6nc7ccccc7o6)cc5)C(=O)C4C3CC3C(=O)N(c4cccc(Cl)c4)C(=O)C32c2ccccc2)cc(I)c1O. The Morgan fingerprint density at radius 2 is 1.59 bits per heavy atom. The van der Waals surface area contributed by atoms with Gasteiger partial charge in [0.1, 0.15) is 5.52 Å². The molecule has 0 bridgehead atoms. The van der Waals surface area contributed by atoms with Crippen molar-refractivity contribution in [2.75, 3.05) is 16.9 Å². The third kappa shape index (κ3) is 5.25. The maximum absolute atomic E-state index is 15.5. The first-order valence-electron chi connectivity index (χ1n) is 18.9. The molecule has 12 heteroatoms. The van der Waals surface area contributed by atoms with Gasteiger partial charge in [-0.25, -0.2) is 9.88 Å². The number of hydrogen-bond acceptors (Lipinski definition) is 8. The van der Waals surface area contributed by atoms with E-state index in [0.717, 1.165) is 11.1 Å². The fraction of sp³-hybridized carbons (Fsp3) is 0.196. The molecule has 2 saturated heterocycles. The molecule has 3 heterocycles. The molecule has 0 spiro atoms. The maximum atomic E-state index is 15.5. The summed E-state index contributed by atoms with van der Waals surface area (Å²) in [6.45, 7) is 0. The standard InChI is InChI=1S/C46H33ClIN3O7/c1-57-37-21-25(20-34(48)40(37)52)39-30-18-19-31-38(44(55)50(42(31)53)28-16-14-24(15-17-28)41-49-35-12-5-6-13-36(35)58-41)32(30)23-33-43(54)51(29-11-7-10-27(47)22-29)45(56)46(33,39)26-8-3-2-4-9-26/h2-18,20-22,31-33,38-39,52H,19,23H2,1H3. The highest BCUT2D eigenvalue weighted by Gasteiger charge is 2.70. The van der Waals surface area contributed by atoms with Gasteiger partial charge in [-0.05, 0) is 119 Å². The van der Waals surface area contributed by atoms with Gasteiger partial charge in [0, 0.05) is 16.5 Å². The van der Waals surface area contributed by atoms with Gasteiger partial charge >= 0.3 is 0 Å². The van der Waals surface area contributed by atoms with Gasteiger partial charge in [0.05, 0.1) is 45.2 Å². The van der Waals surface area contributed by atoms with Crippen LogP contribution in [0.2, 0.25) is 5.02 Å². The number of benzene rings is 5. The van der Waals surface area contributed by atoms with Gasteiger partial charge < -0.3 is 14.3 Å². The van der Waals surface area contributed by atoms with Gasteiger partial charge in [0.25, 0.3) is 0 Å². The molecule has 3 fully saturated rings. The Morgan fingerprint density at radius 1 is 0.828 bits per heavy atom. The number of amides is 4. The summed E-state index contributed by atoms with van der Waals surface area (Å²) >= 11 is 8.48. The number of ether oxygens (including phenoxy) is 1. The topological polar surface area (TPSA) is 130 Å². The van der Waals surface area contributed by atoms with Crippen LogP contribution in [0.5, 0.6) is 11.5 Å². The minimum absolute atomic E-state index is 0.0501. The Labute approximate surface area is 351 Å². The second-order valence-electron chi connectivity index (χ2n) is 15.2. The Morgan fingerprint density at radius 3 is 2.33 bits per heavy atom. The number of aromatic hydroxyl groups is 1. The van der Waals surface area contributed by atoms with Gasteiger partial charge in [-0.3, -0.25) is 24.1 Å². The number of carbonyl (C=O) groups is 4. The molecule has 6 aromatic rings. The number of carbonyl (C=O) groups excluding carboxylic acids is 4. The van der Waals surface area contributed by atoms with Crippen LogP contribution in [-0.2, 0) is 24.6 Å². The third-order valence-electron chi connectivity index (χ3n) is 12.4. The molecule has 1 saturated carbocycles. The normalized spacial score (nSPS) is 25.2. The summed E-state index contributed by atoms with van der Waals surface area (Å²) in [5.74, 6) is -4.66. The number of anilines is 2. The van der Waals surface area contributed by atoms with Gasteiger partial charge in [0.2, 0.25) is 29.5 Å². The number of halogens is 2. The lowest BCUT2D eigenvalue weighted by Gasteiger charge is -2.50. The van der Waals surface area contributed by atoms with Crippen molar-refractivity contribution in [1.82, 2.24) is 4.98 Å². The quantitative estimate of drug-likeness (QED) is 0.0998. The van der Waals surface area contributed by atoms with Crippen molar-refractivity contribution in [2.24, 2.45) is 23.7 Å². The Hall–Kier alpha value is -5.79. The first kappa shape index (κ1) is 36.5. The van der Waals surface area contributed by atoms with Gasteiger partial charge in [-0.2, -0.15) is 0 Å². The van der Waals surface area contributed by atoms with Crippen LogP contribution in [0.4, 0.5) is 11.4 Å². The molecule has 1 aromatic heterocycles. The van der Waals surface area contributed by atoms with Crippen LogP contribution in [0.25, 0.3) is 22.6 Å². The minimum Gasteiger partial charge on any atom is -0.504 e. The van der Waals surface area contributed by atoms with E-state index >= 15 is 9.59 Å². The second kappa shape index (κ2) is 13.7. The number of fused-ring (bicyclic) bond motifs is 5. The number of rotatable bonds is 6. The molecule has 6 atom stereocenters. The highest BCUT2D eigenvalue weighted by atomic mass is 127. The molecule has 10 nitrogen and oxygen atoms in total. The van der Waals surface area contributed by atoms with Crippen LogP contribution in [-0.4, -0.2) is 40.8 Å². The van der Waals surface area contributed by atoms with Crippen molar-refractivity contribution in [2.45, 2.75) is 24.2 Å². The van der Waals surface area contributed by atoms with Gasteiger partial charge in [-0.1, -0.05) is 71.8 Å². The fourth-order valence-corrected chi connectivity index (χ4v) is 10.8. The molecular weight excluding hydrogens is 869 g/mol. The third-order valence-corrected chi connectivity index (χ3v) is 13.5. The molecule has 10 rings (SSSR count). The summed E-state index contributed by atoms with van der Waals surface area (Å²) in [4.78, 5) is 66.9. The first-order valence-corrected chi connectivity index (χ1v) is 20.4. The average Bonchev–Trinajstić information content (AvgIpc) is 3.86. The van der Waals surface area contributed by atoms with Crippen LogP contribution in [0.1, 0.15) is 29.9 Å². The predicted molar refractivity (Wildman–Crippen MR) is 225 cm³/mol. The lowest BCUT2D eigenvalue weighted by atomic mass is 9.49. The minimum atomic E-state index is -1.47. The predicted octanol–water partition coefficient (Wildman–Crippen LogP) is 8.83. The zero-order valence-electron chi connectivity index (χ0n) is 30.8. The molecule has 0 radical (unpaired) electrons. The molecule has 2 aliphatic heterocycles. The van der Waals surface area contributed by atoms with Crippen LogP contribution in [0, 0.1) is 27.2 Å². The number of hydrogen-bond donors (Lipinski definition) is 1. The molecule has 58 heavy (non-hydrogen) atoms. The van der Waals surface area contributed by atoms with E-state index < -0.39 is 46.8 Å². The van der Waals surface area contributed by atoms with E-state index in [9.17, 15) is 14.7 Å². The van der Waals surface area contributed by atoms with E-state index in [1.165, 1.54) is 16.9 Å². The van der Waals surface area contributed by atoms with E-state index in [2.05, 4.69) is 4.98 Å². The van der Waals surface area contributed by atoms with Gasteiger partial charge in [-0.15, -0.1) is 0 Å². The molecule has 2 aliphatic carbocycles. The van der Waals surface area contributed by atoms with Crippen LogP contribution in [0.15, 0.2) is 131 Å². The molecule has 4 aliphatic rings. The second-order valence-corrected chi connectivity index (χ2v) is 16.8. The number of phenolic OH excluding ortho intramolecular Hbond substituents is 1. The highest BCUT2D eigenvalue weighted by molar-refractivity contribution is 14.1. The van der Waals surface area contributed by atoms with E-state index in [1.54, 1.807) is 54.6 Å². The molecule has 4 amide bonds. The number of allylic oxidation sites excluding steroid dienone is 2. The van der Waals surface area contributed by atoms with E-state index in [1.807, 2.05) is 89.3 Å². The molecule has 5 aromatic carbocycles. The van der Waals surface area contributed by atoms with E-state index in [0.29, 0.717) is 48.1 Å². The number of nitrogens with zero attached hydrogens (tertiary/aromatic N) is 3. The fourth-order valence-electron chi connectivity index (χ4n) is 10.0. The summed E-state index contributed by atoms with van der Waals surface area (Å²) in [6.07, 6.45) is 2.42. The number of oxazole rings is 1. The summed E-state index contributed by atoms with van der Waals surface area (Å²) in [6, 6.07) is 34.0. The zero-order valence-corrected chi connectivity index (χ0v) is 33.8. The largest absolute Gasteiger partial charge is 0.504 e. The van der Waals surface area contributed by atoms with Crippen molar-refractivity contribution in [3.05, 3.63) is 147 Å². The molecule has 1 N–H and O–H groups in total. The lowest BCUT2D eigenvalue weighted by Crippen LogP contribution is -2.53. The van der Waals surface area contributed by atoms with Crippen LogP contribution < -0.4 is 14.5 Å². The number of para-hydroxylation sites is 2. The van der Waals surface area contributed by atoms with Crippen molar-refractivity contribution in [3.8, 4) is 23.0 Å². The summed E-state index contributed by atoms with van der Waals surface area (Å²) < 4.78 is 12.1. The van der Waals surface area contributed by atoms with Crippen molar-refractivity contribution < 1.29 is 33.4 Å². The van der Waals surface area contributed by atoms with Crippen LogP contribution in [0.3, 0.4) is 0 Å². The number of methoxy groups -OCH3 is 1. The lowest BCUT2D eigenvalue weighted by molar-refractivity contribution is -0.127. The smallest absolute Gasteiger partial charge is 0.246 e. The number of aromatic nitrogens is 1. The molecule has 288 valence electrons. The van der Waals surface area contributed by atoms with Crippen LogP contribution >= 0.6 is 34.2 Å². The summed E-state index contributed by atoms with van der Waals surface area (Å²) in [7, 11) is 1.46. The summed E-state index contributed by atoms with van der Waals surface area (Å²) in [5, 5.41) is 11.4. The first-order chi connectivity index (χ1) is 28.1. The maximum Gasteiger partial charge on any atom is 0.246 e. The average molecular weight is 902 g/mol. The highest BCUT2D eigenvalue weighted by Crippen LogP contribution is 2.65. The van der Waals surface area contributed by atoms with E-state index in [-0.39, 0.29) is 36.2 Å². The van der Waals surface area contributed by atoms with E-state index in [4.69, 9.17) is 20.8 Å². The van der Waals surface area contributed by atoms with Crippen molar-refractivity contribution in [3.63, 3.8) is 0 Å². The monoisotopic (exact) mass is 901 g/mol. The number of imide groups is 2. The summed E-state index contributed by atoms with van der Waals surface area (Å²) in [5.41, 5.74) is 3.46. The van der Waals surface area contributed by atoms with Crippen molar-refractivity contribution >= 4 is 80.3 Å². The Bertz CT molecular complexity index is 2720. The Balaban J connectivity index is 1.11. The number of phenols is 1. The van der Waals surface area contributed by atoms with Crippen molar-refractivity contribution in [1.29, 1.82) is 0 Å². The molecule has 6 unspecified atom stereocenters. The Kier molecular flexibility index (Phi) is 8.61. The van der Waals surface area contributed by atoms with Gasteiger partial charge in [0.15, 0.2) is 17.1 Å². The molecular formula is C46H33ClIN3O7.